The minimum atomic E-state index is -0.860. The van der Waals surface area contributed by atoms with Crippen LogP contribution in [0.3, 0.4) is 0 Å². The van der Waals surface area contributed by atoms with Gasteiger partial charge in [0.2, 0.25) is 5.91 Å². The number of fused-ring (bicyclic) bond motifs is 1. The maximum Gasteiger partial charge on any atom is 0.223 e. The van der Waals surface area contributed by atoms with Crippen LogP contribution < -0.4 is 5.32 Å². The predicted molar refractivity (Wildman–Crippen MR) is 85.0 cm³/mol. The Morgan fingerprint density at radius 1 is 1.19 bits per heavy atom. The van der Waals surface area contributed by atoms with Crippen LogP contribution in [0.25, 0.3) is 0 Å². The van der Waals surface area contributed by atoms with Gasteiger partial charge < -0.3 is 15.3 Å². The van der Waals surface area contributed by atoms with Crippen molar-refractivity contribution in [1.29, 1.82) is 0 Å². The summed E-state index contributed by atoms with van der Waals surface area (Å²) in [5.74, 6) is 1.96. The zero-order valence-corrected chi connectivity index (χ0v) is 13.9. The first kappa shape index (κ1) is 16.8. The Balaban J connectivity index is 1.78. The van der Waals surface area contributed by atoms with E-state index in [0.29, 0.717) is 13.1 Å². The van der Waals surface area contributed by atoms with E-state index < -0.39 is 5.60 Å². The number of likely N-dealkylation sites (N-methyl/N-ethyl adjacent to an activating group) is 1. The summed E-state index contributed by atoms with van der Waals surface area (Å²) in [5.41, 5.74) is -0.860. The van der Waals surface area contributed by atoms with Gasteiger partial charge in [0.05, 0.1) is 5.60 Å². The van der Waals surface area contributed by atoms with Crippen LogP contribution in [0, 0.1) is 17.8 Å². The lowest BCUT2D eigenvalue weighted by Gasteiger charge is -2.39. The van der Waals surface area contributed by atoms with E-state index >= 15 is 0 Å². The Kier molecular flexibility index (Phi) is 5.67. The highest BCUT2D eigenvalue weighted by Gasteiger charge is 2.35. The molecule has 4 heteroatoms. The Hall–Kier alpha value is -0.610. The van der Waals surface area contributed by atoms with Gasteiger partial charge in [-0.3, -0.25) is 4.79 Å². The number of hydrogen-bond donors (Lipinski definition) is 2. The molecule has 0 aromatic heterocycles. The van der Waals surface area contributed by atoms with Gasteiger partial charge >= 0.3 is 0 Å². The van der Waals surface area contributed by atoms with Crippen LogP contribution in [-0.4, -0.2) is 48.7 Å². The lowest BCUT2D eigenvalue weighted by atomic mass is 9.67. The molecule has 2 saturated carbocycles. The van der Waals surface area contributed by atoms with Gasteiger partial charge in [-0.2, -0.15) is 0 Å². The van der Waals surface area contributed by atoms with Gasteiger partial charge in [0, 0.05) is 19.0 Å². The second kappa shape index (κ2) is 7.10. The standard InChI is InChI=1S/C17H32N2O2/c1-17(21,12-19(2)3)11-18-16(20)15-9-8-13-6-4-5-7-14(13)10-15/h13-15,21H,4-12H2,1-3H3,(H,18,20). The molecule has 4 atom stereocenters. The van der Waals surface area contributed by atoms with Gasteiger partial charge in [-0.05, 0) is 52.1 Å². The van der Waals surface area contributed by atoms with Crippen LogP contribution in [0.2, 0.25) is 0 Å². The quantitative estimate of drug-likeness (QED) is 0.816. The van der Waals surface area contributed by atoms with Gasteiger partial charge in [0.1, 0.15) is 0 Å². The van der Waals surface area contributed by atoms with Crippen molar-refractivity contribution in [1.82, 2.24) is 10.2 Å². The minimum Gasteiger partial charge on any atom is -0.387 e. The highest BCUT2D eigenvalue weighted by molar-refractivity contribution is 5.78. The summed E-state index contributed by atoms with van der Waals surface area (Å²) < 4.78 is 0. The molecule has 0 aliphatic heterocycles. The van der Waals surface area contributed by atoms with Gasteiger partial charge in [-0.25, -0.2) is 0 Å². The number of nitrogens with zero attached hydrogens (tertiary/aromatic N) is 1. The molecule has 0 heterocycles. The van der Waals surface area contributed by atoms with Gasteiger partial charge in [0.25, 0.3) is 0 Å². The van der Waals surface area contributed by atoms with E-state index in [1.54, 1.807) is 6.92 Å². The maximum atomic E-state index is 12.4. The Labute approximate surface area is 129 Å². The van der Waals surface area contributed by atoms with Gasteiger partial charge in [0.15, 0.2) is 0 Å². The number of amides is 1. The normalized spacial score (nSPS) is 32.3. The van der Waals surface area contributed by atoms with Crippen molar-refractivity contribution in [2.75, 3.05) is 27.2 Å². The average Bonchev–Trinajstić information content (AvgIpc) is 2.43. The van der Waals surface area contributed by atoms with Crippen molar-refractivity contribution in [2.24, 2.45) is 17.8 Å². The zero-order chi connectivity index (χ0) is 15.5. The van der Waals surface area contributed by atoms with Crippen LogP contribution in [-0.2, 0) is 4.79 Å². The van der Waals surface area contributed by atoms with E-state index in [1.807, 2.05) is 19.0 Å². The van der Waals surface area contributed by atoms with E-state index in [2.05, 4.69) is 5.32 Å². The lowest BCUT2D eigenvalue weighted by molar-refractivity contribution is -0.128. The van der Waals surface area contributed by atoms with E-state index in [-0.39, 0.29) is 11.8 Å². The van der Waals surface area contributed by atoms with Gasteiger partial charge in [-0.15, -0.1) is 0 Å². The molecule has 0 radical (unpaired) electrons. The van der Waals surface area contributed by atoms with Crippen molar-refractivity contribution in [3.63, 3.8) is 0 Å². The summed E-state index contributed by atoms with van der Waals surface area (Å²) in [7, 11) is 3.86. The number of nitrogens with one attached hydrogen (secondary N) is 1. The first-order valence-electron chi connectivity index (χ1n) is 8.52. The maximum absolute atomic E-state index is 12.4. The molecule has 122 valence electrons. The Morgan fingerprint density at radius 3 is 2.52 bits per heavy atom. The smallest absolute Gasteiger partial charge is 0.223 e. The molecule has 2 aliphatic carbocycles. The van der Waals surface area contributed by atoms with Crippen molar-refractivity contribution < 1.29 is 9.90 Å². The fourth-order valence-electron chi connectivity index (χ4n) is 4.27. The van der Waals surface area contributed by atoms with Crippen molar-refractivity contribution in [2.45, 2.75) is 57.5 Å². The predicted octanol–water partition coefficient (Wildman–Crippen LogP) is 2.02. The van der Waals surface area contributed by atoms with Crippen LogP contribution in [0.1, 0.15) is 51.9 Å². The van der Waals surface area contributed by atoms with E-state index in [0.717, 1.165) is 24.7 Å². The molecule has 0 bridgehead atoms. The Morgan fingerprint density at radius 2 is 1.86 bits per heavy atom. The van der Waals surface area contributed by atoms with Crippen LogP contribution >= 0.6 is 0 Å². The lowest BCUT2D eigenvalue weighted by Crippen LogP contribution is -2.49. The molecule has 0 spiro atoms. The van der Waals surface area contributed by atoms with Crippen molar-refractivity contribution in [3.8, 4) is 0 Å². The molecule has 0 aromatic rings. The number of carbonyl (C=O) groups is 1. The molecule has 2 aliphatic rings. The average molecular weight is 296 g/mol. The third-order valence-electron chi connectivity index (χ3n) is 5.21. The molecule has 0 saturated heterocycles. The monoisotopic (exact) mass is 296 g/mol. The highest BCUT2D eigenvalue weighted by atomic mass is 16.3. The molecule has 2 rings (SSSR count). The topological polar surface area (TPSA) is 52.6 Å². The molecule has 2 N–H and O–H groups in total. The van der Waals surface area contributed by atoms with Crippen molar-refractivity contribution >= 4 is 5.91 Å². The Bertz CT molecular complexity index is 355. The van der Waals surface area contributed by atoms with Gasteiger partial charge in [-0.1, -0.05) is 25.7 Å². The molecule has 1 amide bonds. The minimum absolute atomic E-state index is 0.151. The van der Waals surface area contributed by atoms with Crippen molar-refractivity contribution in [3.05, 3.63) is 0 Å². The molecule has 4 nitrogen and oxygen atoms in total. The van der Waals surface area contributed by atoms with Crippen LogP contribution in [0.4, 0.5) is 0 Å². The summed E-state index contributed by atoms with van der Waals surface area (Å²) in [6.07, 6.45) is 8.72. The summed E-state index contributed by atoms with van der Waals surface area (Å²) >= 11 is 0. The zero-order valence-electron chi connectivity index (χ0n) is 13.9. The second-order valence-electron chi connectivity index (χ2n) is 7.77. The number of hydrogen-bond acceptors (Lipinski definition) is 3. The second-order valence-corrected chi connectivity index (χ2v) is 7.77. The van der Waals surface area contributed by atoms with Crippen LogP contribution in [0.15, 0.2) is 0 Å². The van der Waals surface area contributed by atoms with E-state index in [1.165, 1.54) is 32.1 Å². The first-order chi connectivity index (χ1) is 9.87. The summed E-state index contributed by atoms with van der Waals surface area (Å²) in [6.45, 7) is 2.68. The number of aliphatic hydroxyl groups is 1. The first-order valence-corrected chi connectivity index (χ1v) is 8.52. The number of carbonyl (C=O) groups excluding carboxylic acids is 1. The third kappa shape index (κ3) is 4.96. The summed E-state index contributed by atoms with van der Waals surface area (Å²) in [5, 5.41) is 13.2. The number of rotatable bonds is 5. The van der Waals surface area contributed by atoms with Crippen LogP contribution in [0.5, 0.6) is 0 Å². The summed E-state index contributed by atoms with van der Waals surface area (Å²) in [4.78, 5) is 14.3. The molecular formula is C17H32N2O2. The summed E-state index contributed by atoms with van der Waals surface area (Å²) in [6, 6.07) is 0. The highest BCUT2D eigenvalue weighted by Crippen LogP contribution is 2.42. The molecule has 4 unspecified atom stereocenters. The third-order valence-corrected chi connectivity index (χ3v) is 5.21. The molecule has 2 fully saturated rings. The fraction of sp³-hybridized carbons (Fsp3) is 0.941. The fourth-order valence-corrected chi connectivity index (χ4v) is 4.27. The van der Waals surface area contributed by atoms with E-state index in [4.69, 9.17) is 0 Å². The van der Waals surface area contributed by atoms with E-state index in [9.17, 15) is 9.90 Å². The largest absolute Gasteiger partial charge is 0.387 e. The molecule has 21 heavy (non-hydrogen) atoms. The molecular weight excluding hydrogens is 264 g/mol. The molecule has 0 aromatic carbocycles. The SMILES string of the molecule is CN(C)CC(C)(O)CNC(=O)C1CCC2CCCCC2C1.